The van der Waals surface area contributed by atoms with Crippen molar-refractivity contribution < 1.29 is 18.3 Å². The van der Waals surface area contributed by atoms with Gasteiger partial charge in [0.25, 0.3) is 0 Å². The van der Waals surface area contributed by atoms with Crippen molar-refractivity contribution in [3.8, 4) is 6.07 Å². The van der Waals surface area contributed by atoms with Crippen LogP contribution in [0.15, 0.2) is 0 Å². The van der Waals surface area contributed by atoms with Gasteiger partial charge in [-0.05, 0) is 0 Å². The van der Waals surface area contributed by atoms with Gasteiger partial charge in [0.1, 0.15) is 0 Å². The van der Waals surface area contributed by atoms with Gasteiger partial charge in [0.2, 0.25) is 0 Å². The van der Waals surface area contributed by atoms with Crippen LogP contribution >= 0.6 is 0 Å². The van der Waals surface area contributed by atoms with Gasteiger partial charge in [-0.1, -0.05) is 0 Å². The van der Waals surface area contributed by atoms with Gasteiger partial charge in [-0.15, -0.1) is 0 Å². The monoisotopic (exact) mass is 189 g/mol. The van der Waals surface area contributed by atoms with Crippen LogP contribution in [0.2, 0.25) is 0 Å². The number of nitrogens with zero attached hydrogens (tertiary/aromatic N) is 1. The molecule has 2 atom stereocenters. The molecule has 66 valence electrons. The summed E-state index contributed by atoms with van der Waals surface area (Å²) in [5.41, 5.74) is 0. The molecule has 5 nitrogen and oxygen atoms in total. The van der Waals surface area contributed by atoms with Crippen molar-refractivity contribution in [1.82, 2.24) is 0 Å². The van der Waals surface area contributed by atoms with Gasteiger partial charge in [0, 0.05) is 0 Å². The van der Waals surface area contributed by atoms with E-state index < -0.39 is 33.4 Å². The minimum absolute atomic E-state index is 0.319. The molecule has 0 spiro atoms. The highest BCUT2D eigenvalue weighted by molar-refractivity contribution is 7.91. The Labute approximate surface area is 69.5 Å². The van der Waals surface area contributed by atoms with E-state index >= 15 is 0 Å². The molecule has 1 aliphatic heterocycles. The second-order valence-electron chi connectivity index (χ2n) is 2.76. The summed E-state index contributed by atoms with van der Waals surface area (Å²) in [6.45, 7) is 0. The Bertz CT molecular complexity index is 339. The number of aliphatic carboxylic acids is 1. The molecule has 1 heterocycles. The highest BCUT2D eigenvalue weighted by Gasteiger charge is 2.42. The SMILES string of the molecule is N#C[C@@H]1CS(=O)(=O)C[C@H]1C(=O)O. The maximum Gasteiger partial charge on any atom is 0.308 e. The zero-order valence-electron chi connectivity index (χ0n) is 6.10. The van der Waals surface area contributed by atoms with E-state index in [1.54, 1.807) is 6.07 Å². The first-order valence-electron chi connectivity index (χ1n) is 3.29. The van der Waals surface area contributed by atoms with Gasteiger partial charge in [-0.3, -0.25) is 4.79 Å². The lowest BCUT2D eigenvalue weighted by molar-refractivity contribution is -0.141. The standard InChI is InChI=1S/C6H7NO4S/c7-1-4-2-12(10,11)3-5(4)6(8)9/h4-5H,2-3H2,(H,8,9)/t4-,5-/m1/s1. The largest absolute Gasteiger partial charge is 0.481 e. The number of carboxylic acid groups (broad SMARTS) is 1. The van der Waals surface area contributed by atoms with Crippen LogP contribution in [0.25, 0.3) is 0 Å². The van der Waals surface area contributed by atoms with E-state index in [2.05, 4.69) is 0 Å². The molecule has 0 radical (unpaired) electrons. The first kappa shape index (κ1) is 9.00. The average molecular weight is 189 g/mol. The number of rotatable bonds is 1. The molecule has 0 amide bonds. The van der Waals surface area contributed by atoms with E-state index in [4.69, 9.17) is 10.4 Å². The first-order valence-corrected chi connectivity index (χ1v) is 5.11. The molecule has 0 aromatic heterocycles. The topological polar surface area (TPSA) is 95.2 Å². The lowest BCUT2D eigenvalue weighted by atomic mass is 9.98. The van der Waals surface area contributed by atoms with E-state index in [0.29, 0.717) is 0 Å². The molecular weight excluding hydrogens is 182 g/mol. The lowest BCUT2D eigenvalue weighted by Gasteiger charge is -2.02. The number of nitriles is 1. The van der Waals surface area contributed by atoms with Gasteiger partial charge >= 0.3 is 5.97 Å². The van der Waals surface area contributed by atoms with Gasteiger partial charge in [-0.2, -0.15) is 5.26 Å². The minimum atomic E-state index is -3.31. The van der Waals surface area contributed by atoms with Crippen LogP contribution in [0.4, 0.5) is 0 Å². The fourth-order valence-electron chi connectivity index (χ4n) is 1.22. The van der Waals surface area contributed by atoms with E-state index in [1.165, 1.54) is 0 Å². The molecular formula is C6H7NO4S. The quantitative estimate of drug-likeness (QED) is 0.585. The number of hydrogen-bond donors (Lipinski definition) is 1. The molecule has 1 N–H and O–H groups in total. The van der Waals surface area contributed by atoms with Crippen LogP contribution in [0, 0.1) is 23.2 Å². The highest BCUT2D eigenvalue weighted by atomic mass is 32.2. The van der Waals surface area contributed by atoms with Crippen LogP contribution < -0.4 is 0 Å². The van der Waals surface area contributed by atoms with Crippen LogP contribution in [-0.4, -0.2) is 31.0 Å². The van der Waals surface area contributed by atoms with Crippen LogP contribution in [-0.2, 0) is 14.6 Å². The summed E-state index contributed by atoms with van der Waals surface area (Å²) in [7, 11) is -3.31. The third-order valence-electron chi connectivity index (χ3n) is 1.84. The molecule has 0 aromatic rings. The number of hydrogen-bond acceptors (Lipinski definition) is 4. The third-order valence-corrected chi connectivity index (χ3v) is 3.57. The Balaban J connectivity index is 2.93. The average Bonchev–Trinajstić information content (AvgIpc) is 2.25. The minimum Gasteiger partial charge on any atom is -0.481 e. The Morgan fingerprint density at radius 3 is 2.42 bits per heavy atom. The van der Waals surface area contributed by atoms with Crippen molar-refractivity contribution in [2.24, 2.45) is 11.8 Å². The maximum absolute atomic E-state index is 10.9. The molecule has 0 unspecified atom stereocenters. The highest BCUT2D eigenvalue weighted by Crippen LogP contribution is 2.24. The number of carbonyl (C=O) groups is 1. The summed E-state index contributed by atoms with van der Waals surface area (Å²) in [6, 6.07) is 1.69. The first-order chi connectivity index (χ1) is 5.46. The Hall–Kier alpha value is -1.09. The molecule has 1 rings (SSSR count). The lowest BCUT2D eigenvalue weighted by Crippen LogP contribution is -2.20. The normalized spacial score (nSPS) is 32.6. The second kappa shape index (κ2) is 2.75. The van der Waals surface area contributed by atoms with Crippen LogP contribution in [0.1, 0.15) is 0 Å². The van der Waals surface area contributed by atoms with E-state index in [1.807, 2.05) is 0 Å². The van der Waals surface area contributed by atoms with Crippen molar-refractivity contribution in [2.45, 2.75) is 0 Å². The summed E-state index contributed by atoms with van der Waals surface area (Å²) in [5.74, 6) is -3.85. The number of carboxylic acids is 1. The zero-order chi connectivity index (χ0) is 9.35. The second-order valence-corrected chi connectivity index (χ2v) is 4.91. The summed E-state index contributed by atoms with van der Waals surface area (Å²) >= 11 is 0. The van der Waals surface area contributed by atoms with Gasteiger partial charge in [0.05, 0.1) is 29.4 Å². The van der Waals surface area contributed by atoms with E-state index in [9.17, 15) is 13.2 Å². The predicted octanol–water partition coefficient (Wildman–Crippen LogP) is -0.745. The summed E-state index contributed by atoms with van der Waals surface area (Å²) in [4.78, 5) is 10.4. The molecule has 0 aliphatic carbocycles. The van der Waals surface area contributed by atoms with Crippen LogP contribution in [0.5, 0.6) is 0 Å². The van der Waals surface area contributed by atoms with Crippen molar-refractivity contribution in [2.75, 3.05) is 11.5 Å². The molecule has 0 bridgehead atoms. The molecule has 1 fully saturated rings. The fraction of sp³-hybridized carbons (Fsp3) is 0.667. The molecule has 1 aliphatic rings. The van der Waals surface area contributed by atoms with E-state index in [0.717, 1.165) is 0 Å². The van der Waals surface area contributed by atoms with Crippen molar-refractivity contribution in [3.05, 3.63) is 0 Å². The predicted molar refractivity (Wildman–Crippen MR) is 38.9 cm³/mol. The van der Waals surface area contributed by atoms with Gasteiger partial charge in [-0.25, -0.2) is 8.42 Å². The Kier molecular flexibility index (Phi) is 2.06. The summed E-state index contributed by atoms with van der Waals surface area (Å²) in [5, 5.41) is 17.0. The molecule has 0 aromatic carbocycles. The number of sulfone groups is 1. The molecule has 1 saturated heterocycles. The van der Waals surface area contributed by atoms with Crippen molar-refractivity contribution >= 4 is 15.8 Å². The van der Waals surface area contributed by atoms with Crippen molar-refractivity contribution in [1.29, 1.82) is 5.26 Å². The fourth-order valence-corrected chi connectivity index (χ4v) is 3.13. The van der Waals surface area contributed by atoms with Crippen molar-refractivity contribution in [3.63, 3.8) is 0 Å². The maximum atomic E-state index is 10.9. The Morgan fingerprint density at radius 1 is 1.50 bits per heavy atom. The van der Waals surface area contributed by atoms with Crippen LogP contribution in [0.3, 0.4) is 0 Å². The summed E-state index contributed by atoms with van der Waals surface area (Å²) in [6.07, 6.45) is 0. The van der Waals surface area contributed by atoms with Gasteiger partial charge < -0.3 is 5.11 Å². The molecule has 12 heavy (non-hydrogen) atoms. The van der Waals surface area contributed by atoms with E-state index in [-0.39, 0.29) is 5.75 Å². The third kappa shape index (κ3) is 1.56. The smallest absolute Gasteiger partial charge is 0.308 e. The Morgan fingerprint density at radius 2 is 2.08 bits per heavy atom. The molecule has 0 saturated carbocycles. The van der Waals surface area contributed by atoms with Gasteiger partial charge in [0.15, 0.2) is 9.84 Å². The summed E-state index contributed by atoms with van der Waals surface area (Å²) < 4.78 is 21.8. The molecule has 6 heteroatoms. The zero-order valence-corrected chi connectivity index (χ0v) is 6.91.